The van der Waals surface area contributed by atoms with Gasteiger partial charge in [0.15, 0.2) is 0 Å². The maximum atomic E-state index is 11.6. The first-order valence-corrected chi connectivity index (χ1v) is 5.08. The molecule has 0 unspecified atom stereocenters. The number of nitrogens with one attached hydrogen (secondary N) is 1. The van der Waals surface area contributed by atoms with Crippen LogP contribution in [-0.4, -0.2) is 52.3 Å². The van der Waals surface area contributed by atoms with E-state index in [-0.39, 0.29) is 24.5 Å². The average molecular weight is 249 g/mol. The molecule has 1 aliphatic rings. The molecule has 7 heteroatoms. The number of aliphatic hydroxyl groups is 1. The van der Waals surface area contributed by atoms with Crippen LogP contribution in [-0.2, 0) is 4.79 Å². The van der Waals surface area contributed by atoms with Gasteiger partial charge >= 0.3 is 12.0 Å². The number of aliphatic hydroxyl groups excluding tert-OH is 1. The number of likely N-dealkylation sites (tertiary alicyclic amines) is 1. The average Bonchev–Trinajstić information content (AvgIpc) is 2.56. The van der Waals surface area contributed by atoms with Crippen LogP contribution in [0.25, 0.3) is 0 Å². The van der Waals surface area contributed by atoms with Crippen molar-refractivity contribution in [3.05, 3.63) is 11.6 Å². The Hall–Kier alpha value is -1.27. The zero-order valence-corrected chi connectivity index (χ0v) is 9.28. The van der Waals surface area contributed by atoms with E-state index in [1.165, 1.54) is 0 Å². The van der Waals surface area contributed by atoms with Crippen LogP contribution in [0.2, 0.25) is 0 Å². The Morgan fingerprint density at radius 2 is 2.19 bits per heavy atom. The van der Waals surface area contributed by atoms with Gasteiger partial charge in [-0.2, -0.15) is 0 Å². The minimum absolute atomic E-state index is 0.0115. The Kier molecular flexibility index (Phi) is 4.14. The third-order valence-electron chi connectivity index (χ3n) is 2.26. The fourth-order valence-electron chi connectivity index (χ4n) is 1.55. The smallest absolute Gasteiger partial charge is 0.326 e. The summed E-state index contributed by atoms with van der Waals surface area (Å²) in [6.07, 6.45) is -0.754. The highest BCUT2D eigenvalue weighted by molar-refractivity contribution is 6.29. The summed E-state index contributed by atoms with van der Waals surface area (Å²) in [5.41, 5.74) is 0. The highest BCUT2D eigenvalue weighted by Gasteiger charge is 2.38. The van der Waals surface area contributed by atoms with Gasteiger partial charge < -0.3 is 20.4 Å². The topological polar surface area (TPSA) is 89.9 Å². The molecule has 1 rings (SSSR count). The van der Waals surface area contributed by atoms with Crippen LogP contribution in [0, 0.1) is 0 Å². The molecule has 6 nitrogen and oxygen atoms in total. The van der Waals surface area contributed by atoms with Crippen LogP contribution in [0.1, 0.15) is 6.42 Å². The first-order valence-electron chi connectivity index (χ1n) is 4.70. The second-order valence-electron chi connectivity index (χ2n) is 3.57. The van der Waals surface area contributed by atoms with Crippen LogP contribution < -0.4 is 5.32 Å². The van der Waals surface area contributed by atoms with E-state index < -0.39 is 24.1 Å². The number of carboxylic acids is 1. The second-order valence-corrected chi connectivity index (χ2v) is 4.11. The predicted molar refractivity (Wildman–Crippen MR) is 57.1 cm³/mol. The number of amides is 2. The van der Waals surface area contributed by atoms with Gasteiger partial charge in [0.2, 0.25) is 0 Å². The number of rotatable bonds is 3. The highest BCUT2D eigenvalue weighted by atomic mass is 35.5. The van der Waals surface area contributed by atoms with E-state index in [4.69, 9.17) is 16.7 Å². The van der Waals surface area contributed by atoms with Crippen molar-refractivity contribution in [2.75, 3.05) is 13.1 Å². The number of hydrogen-bond acceptors (Lipinski definition) is 3. The van der Waals surface area contributed by atoms with Crippen molar-refractivity contribution >= 4 is 23.6 Å². The summed E-state index contributed by atoms with van der Waals surface area (Å²) >= 11 is 5.46. The van der Waals surface area contributed by atoms with Gasteiger partial charge in [-0.05, 0) is 0 Å². The Balaban J connectivity index is 2.59. The third-order valence-corrected chi connectivity index (χ3v) is 2.39. The number of β-amino-alcohol motifs (C(OH)–C–C–N with tert-alkyl or cyclic N) is 1. The van der Waals surface area contributed by atoms with Crippen molar-refractivity contribution in [3.63, 3.8) is 0 Å². The van der Waals surface area contributed by atoms with Crippen LogP contribution in [0.15, 0.2) is 11.6 Å². The first kappa shape index (κ1) is 12.8. The quantitative estimate of drug-likeness (QED) is 0.654. The van der Waals surface area contributed by atoms with Gasteiger partial charge in [-0.15, -0.1) is 0 Å². The number of carbonyl (C=O) groups excluding carboxylic acids is 1. The molecule has 3 N–H and O–H groups in total. The molecule has 1 saturated heterocycles. The molecule has 1 aliphatic heterocycles. The molecule has 90 valence electrons. The largest absolute Gasteiger partial charge is 0.480 e. The summed E-state index contributed by atoms with van der Waals surface area (Å²) in [7, 11) is 0. The van der Waals surface area contributed by atoms with E-state index in [1.54, 1.807) is 0 Å². The Morgan fingerprint density at radius 1 is 1.56 bits per heavy atom. The maximum Gasteiger partial charge on any atom is 0.326 e. The molecule has 0 bridgehead atoms. The van der Waals surface area contributed by atoms with E-state index in [0.717, 1.165) is 4.90 Å². The lowest BCUT2D eigenvalue weighted by atomic mass is 10.2. The molecule has 2 atom stereocenters. The first-order chi connectivity index (χ1) is 7.41. The molecule has 1 fully saturated rings. The SMILES string of the molecule is C=C(Cl)CNC(=O)N1C[C@H](O)C[C@@H]1C(=O)O. The van der Waals surface area contributed by atoms with E-state index in [2.05, 4.69) is 11.9 Å². The number of carboxylic acid groups (broad SMARTS) is 1. The van der Waals surface area contributed by atoms with Crippen molar-refractivity contribution in [1.82, 2.24) is 10.2 Å². The fourth-order valence-corrected chi connectivity index (χ4v) is 1.61. The van der Waals surface area contributed by atoms with E-state index >= 15 is 0 Å². The van der Waals surface area contributed by atoms with Gasteiger partial charge in [-0.3, -0.25) is 0 Å². The summed E-state index contributed by atoms with van der Waals surface area (Å²) in [5.74, 6) is -1.13. The lowest BCUT2D eigenvalue weighted by Crippen LogP contribution is -2.46. The summed E-state index contributed by atoms with van der Waals surface area (Å²) in [6, 6.07) is -1.55. The number of aliphatic carboxylic acids is 1. The van der Waals surface area contributed by atoms with Crippen molar-refractivity contribution in [2.45, 2.75) is 18.6 Å². The molecular weight excluding hydrogens is 236 g/mol. The van der Waals surface area contributed by atoms with E-state index in [1.807, 2.05) is 0 Å². The molecule has 16 heavy (non-hydrogen) atoms. The number of carbonyl (C=O) groups is 2. The lowest BCUT2D eigenvalue weighted by molar-refractivity contribution is -0.141. The van der Waals surface area contributed by atoms with Crippen molar-refractivity contribution in [1.29, 1.82) is 0 Å². The molecular formula is C9H13ClN2O4. The monoisotopic (exact) mass is 248 g/mol. The van der Waals surface area contributed by atoms with Gasteiger partial charge in [0.25, 0.3) is 0 Å². The van der Waals surface area contributed by atoms with Crippen molar-refractivity contribution in [3.8, 4) is 0 Å². The summed E-state index contributed by atoms with van der Waals surface area (Å²) in [6.45, 7) is 3.47. The standard InChI is InChI=1S/C9H13ClN2O4/c1-5(10)3-11-9(16)12-4-6(13)2-7(12)8(14)15/h6-7,13H,1-4H2,(H,11,16)(H,14,15)/t6-,7-/m1/s1. The Bertz CT molecular complexity index is 321. The summed E-state index contributed by atoms with van der Waals surface area (Å²) < 4.78 is 0. The molecule has 0 saturated carbocycles. The van der Waals surface area contributed by atoms with Gasteiger partial charge in [-0.1, -0.05) is 18.2 Å². The lowest BCUT2D eigenvalue weighted by Gasteiger charge is -2.21. The number of hydrogen-bond donors (Lipinski definition) is 3. The van der Waals surface area contributed by atoms with Crippen molar-refractivity contribution < 1.29 is 19.8 Å². The molecule has 0 spiro atoms. The molecule has 1 heterocycles. The molecule has 0 aromatic rings. The zero-order chi connectivity index (χ0) is 12.3. The summed E-state index contributed by atoms with van der Waals surface area (Å²) in [5, 5.41) is 20.8. The summed E-state index contributed by atoms with van der Waals surface area (Å²) in [4.78, 5) is 23.5. The van der Waals surface area contributed by atoms with Crippen LogP contribution >= 0.6 is 11.6 Å². The molecule has 0 aliphatic carbocycles. The second kappa shape index (κ2) is 5.18. The number of nitrogens with zero attached hydrogens (tertiary/aromatic N) is 1. The minimum atomic E-state index is -1.13. The molecule has 0 radical (unpaired) electrons. The van der Waals surface area contributed by atoms with Gasteiger partial charge in [-0.25, -0.2) is 9.59 Å². The van der Waals surface area contributed by atoms with Crippen LogP contribution in [0.4, 0.5) is 4.79 Å². The Labute approximate surface area is 97.5 Å². The molecule has 2 amide bonds. The number of urea groups is 1. The maximum absolute atomic E-state index is 11.6. The van der Waals surface area contributed by atoms with Gasteiger partial charge in [0, 0.05) is 18.0 Å². The third kappa shape index (κ3) is 3.11. The normalized spacial score (nSPS) is 24.2. The molecule has 0 aromatic heterocycles. The minimum Gasteiger partial charge on any atom is -0.480 e. The zero-order valence-electron chi connectivity index (χ0n) is 8.52. The molecule has 0 aromatic carbocycles. The predicted octanol–water partition coefficient (Wildman–Crippen LogP) is -0.0317. The highest BCUT2D eigenvalue weighted by Crippen LogP contribution is 2.18. The van der Waals surface area contributed by atoms with Gasteiger partial charge in [0.05, 0.1) is 12.6 Å². The Morgan fingerprint density at radius 3 is 2.69 bits per heavy atom. The van der Waals surface area contributed by atoms with Crippen LogP contribution in [0.5, 0.6) is 0 Å². The van der Waals surface area contributed by atoms with Gasteiger partial charge in [0.1, 0.15) is 6.04 Å². The van der Waals surface area contributed by atoms with E-state index in [9.17, 15) is 14.7 Å². The van der Waals surface area contributed by atoms with Crippen LogP contribution in [0.3, 0.4) is 0 Å². The fraction of sp³-hybridized carbons (Fsp3) is 0.556. The van der Waals surface area contributed by atoms with E-state index in [0.29, 0.717) is 0 Å². The van der Waals surface area contributed by atoms with Crippen molar-refractivity contribution in [2.24, 2.45) is 0 Å². The number of halogens is 1.